The quantitative estimate of drug-likeness (QED) is 0.794. The van der Waals surface area contributed by atoms with Gasteiger partial charge in [0.2, 0.25) is 5.91 Å². The van der Waals surface area contributed by atoms with Gasteiger partial charge in [-0.3, -0.25) is 9.59 Å². The Balaban J connectivity index is 1.65. The molecule has 0 atom stereocenters. The lowest BCUT2D eigenvalue weighted by atomic mass is 10.1. The molecule has 2 aromatic rings. The SMILES string of the molecule is Cc1cc2cc(CNC(=O)C3=NNC(=O)CC3)ccc2[nH]1. The van der Waals surface area contributed by atoms with Crippen molar-refractivity contribution in [3.05, 3.63) is 35.5 Å². The number of hydrogen-bond donors (Lipinski definition) is 3. The van der Waals surface area contributed by atoms with Gasteiger partial charge in [-0.15, -0.1) is 0 Å². The van der Waals surface area contributed by atoms with Gasteiger partial charge in [0.15, 0.2) is 0 Å². The van der Waals surface area contributed by atoms with Gasteiger partial charge in [0, 0.05) is 30.6 Å². The number of benzene rings is 1. The van der Waals surface area contributed by atoms with Crippen molar-refractivity contribution in [2.24, 2.45) is 5.10 Å². The lowest BCUT2D eigenvalue weighted by molar-refractivity contribution is -0.121. The molecule has 6 nitrogen and oxygen atoms in total. The predicted molar refractivity (Wildman–Crippen MR) is 79.7 cm³/mol. The molecule has 3 rings (SSSR count). The van der Waals surface area contributed by atoms with Crippen LogP contribution in [-0.2, 0) is 16.1 Å². The van der Waals surface area contributed by atoms with Crippen LogP contribution >= 0.6 is 0 Å². The summed E-state index contributed by atoms with van der Waals surface area (Å²) in [4.78, 5) is 26.2. The molecule has 21 heavy (non-hydrogen) atoms. The minimum absolute atomic E-state index is 0.153. The summed E-state index contributed by atoms with van der Waals surface area (Å²) in [5.74, 6) is -0.389. The molecule has 1 aliphatic heterocycles. The highest BCUT2D eigenvalue weighted by Gasteiger charge is 2.17. The number of amides is 2. The molecule has 0 aliphatic carbocycles. The minimum atomic E-state index is -0.236. The molecule has 0 spiro atoms. The number of aromatic nitrogens is 1. The van der Waals surface area contributed by atoms with Gasteiger partial charge in [0.05, 0.1) is 0 Å². The van der Waals surface area contributed by atoms with E-state index < -0.39 is 0 Å². The fraction of sp³-hybridized carbons (Fsp3) is 0.267. The fourth-order valence-electron chi connectivity index (χ4n) is 2.36. The Kier molecular flexibility index (Phi) is 3.43. The van der Waals surface area contributed by atoms with Crippen LogP contribution in [0, 0.1) is 6.92 Å². The second-order valence-electron chi connectivity index (χ2n) is 5.15. The molecule has 0 bridgehead atoms. The van der Waals surface area contributed by atoms with Crippen LogP contribution in [0.4, 0.5) is 0 Å². The second kappa shape index (κ2) is 5.40. The fourth-order valence-corrected chi connectivity index (χ4v) is 2.36. The Morgan fingerprint density at radius 1 is 1.33 bits per heavy atom. The van der Waals surface area contributed by atoms with Crippen LogP contribution in [0.1, 0.15) is 24.1 Å². The first kappa shape index (κ1) is 13.4. The van der Waals surface area contributed by atoms with Crippen LogP contribution in [0.15, 0.2) is 29.4 Å². The van der Waals surface area contributed by atoms with Crippen LogP contribution in [0.25, 0.3) is 10.9 Å². The predicted octanol–water partition coefficient (Wildman–Crippen LogP) is 1.36. The first-order valence-electron chi connectivity index (χ1n) is 6.84. The third-order valence-electron chi connectivity index (χ3n) is 3.44. The van der Waals surface area contributed by atoms with E-state index in [9.17, 15) is 9.59 Å². The van der Waals surface area contributed by atoms with Crippen molar-refractivity contribution in [1.82, 2.24) is 15.7 Å². The average Bonchev–Trinajstić information content (AvgIpc) is 2.84. The smallest absolute Gasteiger partial charge is 0.267 e. The van der Waals surface area contributed by atoms with Crippen molar-refractivity contribution in [2.75, 3.05) is 0 Å². The van der Waals surface area contributed by atoms with Crippen LogP contribution in [0.3, 0.4) is 0 Å². The molecule has 2 heterocycles. The van der Waals surface area contributed by atoms with Crippen molar-refractivity contribution in [3.63, 3.8) is 0 Å². The number of H-pyrrole nitrogens is 1. The molecule has 108 valence electrons. The zero-order chi connectivity index (χ0) is 14.8. The first-order valence-corrected chi connectivity index (χ1v) is 6.84. The third-order valence-corrected chi connectivity index (χ3v) is 3.44. The molecule has 0 radical (unpaired) electrons. The highest BCUT2D eigenvalue weighted by molar-refractivity contribution is 6.39. The molecule has 0 fully saturated rings. The third kappa shape index (κ3) is 2.94. The molecule has 0 unspecified atom stereocenters. The molecular weight excluding hydrogens is 268 g/mol. The number of carbonyl (C=O) groups is 2. The largest absolute Gasteiger partial charge is 0.359 e. The Hall–Kier alpha value is -2.63. The van der Waals surface area contributed by atoms with Gasteiger partial charge in [-0.25, -0.2) is 5.43 Å². The van der Waals surface area contributed by atoms with Gasteiger partial charge in [-0.2, -0.15) is 5.10 Å². The zero-order valence-electron chi connectivity index (χ0n) is 11.7. The zero-order valence-corrected chi connectivity index (χ0v) is 11.7. The number of nitrogens with one attached hydrogen (secondary N) is 3. The second-order valence-corrected chi connectivity index (χ2v) is 5.15. The van der Waals surface area contributed by atoms with E-state index in [0.717, 1.165) is 22.2 Å². The topological polar surface area (TPSA) is 86.3 Å². The molecule has 6 heteroatoms. The van der Waals surface area contributed by atoms with Crippen molar-refractivity contribution < 1.29 is 9.59 Å². The van der Waals surface area contributed by atoms with Crippen molar-refractivity contribution in [1.29, 1.82) is 0 Å². The summed E-state index contributed by atoms with van der Waals surface area (Å²) in [6.07, 6.45) is 0.689. The summed E-state index contributed by atoms with van der Waals surface area (Å²) in [6, 6.07) is 8.09. The van der Waals surface area contributed by atoms with E-state index >= 15 is 0 Å². The lowest BCUT2D eigenvalue weighted by Crippen LogP contribution is -2.36. The van der Waals surface area contributed by atoms with Crippen molar-refractivity contribution >= 4 is 28.4 Å². The molecule has 1 aliphatic rings. The van der Waals surface area contributed by atoms with Gasteiger partial charge in [0.1, 0.15) is 5.71 Å². The van der Waals surface area contributed by atoms with E-state index in [4.69, 9.17) is 0 Å². The summed E-state index contributed by atoms with van der Waals surface area (Å²) >= 11 is 0. The molecular formula is C15H16N4O2. The lowest BCUT2D eigenvalue weighted by Gasteiger charge is -2.12. The van der Waals surface area contributed by atoms with Gasteiger partial charge in [-0.1, -0.05) is 6.07 Å². The normalized spacial score (nSPS) is 14.7. The van der Waals surface area contributed by atoms with Gasteiger partial charge in [-0.05, 0) is 36.1 Å². The van der Waals surface area contributed by atoms with E-state index in [-0.39, 0.29) is 11.8 Å². The van der Waals surface area contributed by atoms with Gasteiger partial charge >= 0.3 is 0 Å². The molecule has 1 aromatic carbocycles. The van der Waals surface area contributed by atoms with Gasteiger partial charge < -0.3 is 10.3 Å². The molecule has 3 N–H and O–H groups in total. The van der Waals surface area contributed by atoms with E-state index in [0.29, 0.717) is 25.1 Å². The number of aromatic amines is 1. The molecule has 0 saturated carbocycles. The molecule has 0 saturated heterocycles. The number of hydrazone groups is 1. The van der Waals surface area contributed by atoms with E-state index in [1.165, 1.54) is 0 Å². The summed E-state index contributed by atoms with van der Waals surface area (Å²) in [6.45, 7) is 2.45. The number of hydrogen-bond acceptors (Lipinski definition) is 3. The highest BCUT2D eigenvalue weighted by Crippen LogP contribution is 2.16. The average molecular weight is 284 g/mol. The number of rotatable bonds is 3. The standard InChI is InChI=1S/C15H16N4O2/c1-9-6-11-7-10(2-3-12(11)17-9)8-16-15(21)13-4-5-14(20)19-18-13/h2-3,6-7,17H,4-5,8H2,1H3,(H,16,21)(H,19,20). The van der Waals surface area contributed by atoms with Crippen LogP contribution < -0.4 is 10.7 Å². The number of aryl methyl sites for hydroxylation is 1. The Morgan fingerprint density at radius 2 is 2.19 bits per heavy atom. The summed E-state index contributed by atoms with van der Waals surface area (Å²) in [5.41, 5.74) is 5.91. The maximum atomic E-state index is 11.9. The summed E-state index contributed by atoms with van der Waals surface area (Å²) in [5, 5.41) is 7.73. The van der Waals surface area contributed by atoms with E-state index in [1.54, 1.807) is 0 Å². The summed E-state index contributed by atoms with van der Waals surface area (Å²) < 4.78 is 0. The van der Waals surface area contributed by atoms with E-state index in [2.05, 4.69) is 26.9 Å². The summed E-state index contributed by atoms with van der Waals surface area (Å²) in [7, 11) is 0. The maximum Gasteiger partial charge on any atom is 0.267 e. The highest BCUT2D eigenvalue weighted by atomic mass is 16.2. The number of fused-ring (bicyclic) bond motifs is 1. The maximum absolute atomic E-state index is 11.9. The van der Waals surface area contributed by atoms with Crippen LogP contribution in [-0.4, -0.2) is 22.5 Å². The van der Waals surface area contributed by atoms with Gasteiger partial charge in [0.25, 0.3) is 5.91 Å². The van der Waals surface area contributed by atoms with Crippen molar-refractivity contribution in [3.8, 4) is 0 Å². The molecule has 1 aromatic heterocycles. The Bertz CT molecular complexity index is 745. The van der Waals surface area contributed by atoms with Crippen LogP contribution in [0.5, 0.6) is 0 Å². The number of carbonyl (C=O) groups excluding carboxylic acids is 2. The minimum Gasteiger partial charge on any atom is -0.359 e. The Labute approximate surface area is 121 Å². The van der Waals surface area contributed by atoms with E-state index in [1.807, 2.05) is 25.1 Å². The first-order chi connectivity index (χ1) is 10.1. The monoisotopic (exact) mass is 284 g/mol. The van der Waals surface area contributed by atoms with Crippen molar-refractivity contribution in [2.45, 2.75) is 26.3 Å². The molecule has 2 amide bonds. The Morgan fingerprint density at radius 3 is 2.95 bits per heavy atom. The van der Waals surface area contributed by atoms with Crippen LogP contribution in [0.2, 0.25) is 0 Å². The number of nitrogens with zero attached hydrogens (tertiary/aromatic N) is 1.